The molecule has 3 atom stereocenters. The first-order valence-electron chi connectivity index (χ1n) is 11.2. The molecule has 3 aromatic rings. The molecule has 33 heavy (non-hydrogen) atoms. The molecule has 0 spiro atoms. The van der Waals surface area contributed by atoms with Crippen LogP contribution in [0.3, 0.4) is 0 Å². The second kappa shape index (κ2) is 9.41. The molecule has 3 unspecified atom stereocenters. The summed E-state index contributed by atoms with van der Waals surface area (Å²) in [4.78, 5) is 6.79. The van der Waals surface area contributed by atoms with Crippen molar-refractivity contribution in [1.82, 2.24) is 14.9 Å². The van der Waals surface area contributed by atoms with E-state index in [1.54, 1.807) is 14.2 Å². The van der Waals surface area contributed by atoms with Gasteiger partial charge in [-0.15, -0.1) is 0 Å². The smallest absolute Gasteiger partial charge is 0.174 e. The molecular weight excluding hydrogens is 436 g/mol. The van der Waals surface area contributed by atoms with Gasteiger partial charge < -0.3 is 29.0 Å². The lowest BCUT2D eigenvalue weighted by Crippen LogP contribution is -2.31. The normalized spacial score (nSPS) is 22.4. The zero-order valence-corrected chi connectivity index (χ0v) is 19.6. The lowest BCUT2D eigenvalue weighted by atomic mass is 10.0. The zero-order valence-electron chi connectivity index (χ0n) is 18.8. The number of hydrogen-bond acceptors (Lipinski definition) is 5. The number of rotatable bonds is 7. The molecule has 8 heteroatoms. The van der Waals surface area contributed by atoms with Gasteiger partial charge in [-0.25, -0.2) is 0 Å². The van der Waals surface area contributed by atoms with Gasteiger partial charge in [0.05, 0.1) is 37.7 Å². The highest BCUT2D eigenvalue weighted by Crippen LogP contribution is 2.45. The molecule has 0 aliphatic carbocycles. The summed E-state index contributed by atoms with van der Waals surface area (Å²) in [7, 11) is 3.31. The fourth-order valence-electron chi connectivity index (χ4n) is 4.77. The van der Waals surface area contributed by atoms with Crippen molar-refractivity contribution in [3.8, 4) is 11.5 Å². The zero-order chi connectivity index (χ0) is 22.8. The van der Waals surface area contributed by atoms with Crippen LogP contribution in [0.15, 0.2) is 60.9 Å². The van der Waals surface area contributed by atoms with Crippen LogP contribution in [0, 0.1) is 0 Å². The predicted molar refractivity (Wildman–Crippen MR) is 131 cm³/mol. The largest absolute Gasteiger partial charge is 0.497 e. The maximum atomic E-state index is 5.93. The molecule has 2 aliphatic heterocycles. The van der Waals surface area contributed by atoms with Crippen LogP contribution in [-0.2, 0) is 11.3 Å². The van der Waals surface area contributed by atoms with Crippen LogP contribution in [0.2, 0.25) is 0 Å². The average Bonchev–Trinajstić information content (AvgIpc) is 3.60. The molecule has 1 aromatic carbocycles. The molecule has 4 heterocycles. The Bertz CT molecular complexity index is 1110. The molecule has 2 saturated heterocycles. The molecule has 2 aromatic heterocycles. The summed E-state index contributed by atoms with van der Waals surface area (Å²) in [6, 6.07) is 15.8. The SMILES string of the molecule is COc1ccc(N2C(=S)NC(c3ccccn3)C2c2cccn2CC2CCCO2)c(OC)c1. The number of pyridine rings is 1. The molecule has 5 rings (SSSR count). The summed E-state index contributed by atoms with van der Waals surface area (Å²) >= 11 is 5.87. The van der Waals surface area contributed by atoms with Gasteiger partial charge in [0.15, 0.2) is 5.11 Å². The van der Waals surface area contributed by atoms with E-state index in [9.17, 15) is 0 Å². The Morgan fingerprint density at radius 2 is 2.06 bits per heavy atom. The minimum absolute atomic E-state index is 0.119. The molecule has 1 N–H and O–H groups in total. The van der Waals surface area contributed by atoms with Crippen molar-refractivity contribution in [2.45, 2.75) is 37.6 Å². The van der Waals surface area contributed by atoms with E-state index in [1.807, 2.05) is 42.6 Å². The van der Waals surface area contributed by atoms with Crippen molar-refractivity contribution in [3.63, 3.8) is 0 Å². The highest BCUT2D eigenvalue weighted by Gasteiger charge is 2.43. The van der Waals surface area contributed by atoms with E-state index in [-0.39, 0.29) is 18.2 Å². The van der Waals surface area contributed by atoms with Gasteiger partial charge in [-0.3, -0.25) is 4.98 Å². The van der Waals surface area contributed by atoms with Gasteiger partial charge in [-0.2, -0.15) is 0 Å². The summed E-state index contributed by atoms with van der Waals surface area (Å²) in [6.45, 7) is 1.65. The molecule has 2 fully saturated rings. The van der Waals surface area contributed by atoms with Gasteiger partial charge >= 0.3 is 0 Å². The molecule has 0 bridgehead atoms. The van der Waals surface area contributed by atoms with Gasteiger partial charge in [0, 0.05) is 37.3 Å². The van der Waals surface area contributed by atoms with Crippen LogP contribution in [0.1, 0.15) is 36.3 Å². The van der Waals surface area contributed by atoms with E-state index >= 15 is 0 Å². The van der Waals surface area contributed by atoms with Crippen LogP contribution in [0.5, 0.6) is 11.5 Å². The summed E-state index contributed by atoms with van der Waals surface area (Å²) in [5.74, 6) is 1.43. The van der Waals surface area contributed by atoms with Crippen LogP contribution in [-0.4, -0.2) is 41.6 Å². The van der Waals surface area contributed by atoms with Gasteiger partial charge in [0.1, 0.15) is 17.5 Å². The Balaban J connectivity index is 1.60. The molecule has 2 aliphatic rings. The van der Waals surface area contributed by atoms with E-state index < -0.39 is 0 Å². The standard InChI is InChI=1S/C25H28N4O3S/c1-30-17-10-11-20(22(15-17)31-2)29-24(23(27-25(29)33)19-8-3-4-12-26-19)21-9-5-13-28(21)16-18-7-6-14-32-18/h3-5,8-13,15,18,23-24H,6-7,14,16H2,1-2H3,(H,27,33). The number of anilines is 1. The number of hydrogen-bond donors (Lipinski definition) is 1. The molecule has 7 nitrogen and oxygen atoms in total. The second-order valence-electron chi connectivity index (χ2n) is 8.25. The van der Waals surface area contributed by atoms with Gasteiger partial charge in [-0.05, 0) is 61.5 Å². The number of aromatic nitrogens is 2. The minimum atomic E-state index is -0.122. The number of benzene rings is 1. The summed E-state index contributed by atoms with van der Waals surface area (Å²) in [5, 5.41) is 4.15. The van der Waals surface area contributed by atoms with Crippen LogP contribution in [0.4, 0.5) is 5.69 Å². The molecule has 0 saturated carbocycles. The molecule has 172 valence electrons. The summed E-state index contributed by atoms with van der Waals surface area (Å²) < 4.78 is 19.4. The van der Waals surface area contributed by atoms with E-state index in [0.717, 1.165) is 48.8 Å². The number of ether oxygens (including phenoxy) is 3. The van der Waals surface area contributed by atoms with Gasteiger partial charge in [0.25, 0.3) is 0 Å². The maximum absolute atomic E-state index is 5.93. The number of methoxy groups -OCH3 is 2. The number of nitrogens with one attached hydrogen (secondary N) is 1. The van der Waals surface area contributed by atoms with E-state index in [4.69, 9.17) is 26.4 Å². The van der Waals surface area contributed by atoms with Gasteiger partial charge in [-0.1, -0.05) is 6.07 Å². The van der Waals surface area contributed by atoms with E-state index in [1.165, 1.54) is 0 Å². The Morgan fingerprint density at radius 3 is 2.79 bits per heavy atom. The van der Waals surface area contributed by atoms with Crippen LogP contribution >= 0.6 is 12.2 Å². The third-order valence-electron chi connectivity index (χ3n) is 6.34. The first kappa shape index (κ1) is 21.7. The number of nitrogens with zero attached hydrogens (tertiary/aromatic N) is 3. The second-order valence-corrected chi connectivity index (χ2v) is 8.64. The summed E-state index contributed by atoms with van der Waals surface area (Å²) in [6.07, 6.45) is 6.37. The molecule has 0 radical (unpaired) electrons. The fourth-order valence-corrected chi connectivity index (χ4v) is 5.11. The average molecular weight is 465 g/mol. The lowest BCUT2D eigenvalue weighted by Gasteiger charge is -2.30. The van der Waals surface area contributed by atoms with Crippen molar-refractivity contribution in [1.29, 1.82) is 0 Å². The summed E-state index contributed by atoms with van der Waals surface area (Å²) in [5.41, 5.74) is 2.96. The van der Waals surface area contributed by atoms with Crippen LogP contribution in [0.25, 0.3) is 0 Å². The van der Waals surface area contributed by atoms with E-state index in [2.05, 4.69) is 38.1 Å². The predicted octanol–water partition coefficient (Wildman–Crippen LogP) is 4.26. The van der Waals surface area contributed by atoms with Crippen molar-refractivity contribution >= 4 is 23.0 Å². The third kappa shape index (κ3) is 4.16. The number of thiocarbonyl (C=S) groups is 1. The quantitative estimate of drug-likeness (QED) is 0.525. The fraction of sp³-hybridized carbons (Fsp3) is 0.360. The Labute approximate surface area is 199 Å². The van der Waals surface area contributed by atoms with Crippen molar-refractivity contribution < 1.29 is 14.2 Å². The molecule has 0 amide bonds. The lowest BCUT2D eigenvalue weighted by molar-refractivity contribution is 0.0961. The first-order valence-corrected chi connectivity index (χ1v) is 11.6. The maximum Gasteiger partial charge on any atom is 0.174 e. The van der Waals surface area contributed by atoms with Crippen molar-refractivity contribution in [2.24, 2.45) is 0 Å². The minimum Gasteiger partial charge on any atom is -0.497 e. The molecular formula is C25H28N4O3S. The van der Waals surface area contributed by atoms with Crippen molar-refractivity contribution in [3.05, 3.63) is 72.3 Å². The Morgan fingerprint density at radius 1 is 1.15 bits per heavy atom. The third-order valence-corrected chi connectivity index (χ3v) is 6.65. The first-order chi connectivity index (χ1) is 16.2. The van der Waals surface area contributed by atoms with Crippen LogP contribution < -0.4 is 19.7 Å². The van der Waals surface area contributed by atoms with Gasteiger partial charge in [0.2, 0.25) is 0 Å². The topological polar surface area (TPSA) is 60.8 Å². The van der Waals surface area contributed by atoms with Crippen molar-refractivity contribution in [2.75, 3.05) is 25.7 Å². The van der Waals surface area contributed by atoms with E-state index in [0.29, 0.717) is 10.9 Å². The highest BCUT2D eigenvalue weighted by molar-refractivity contribution is 7.80. The highest BCUT2D eigenvalue weighted by atomic mass is 32.1. The Kier molecular flexibility index (Phi) is 6.20. The Hall–Kier alpha value is -3.10. The monoisotopic (exact) mass is 464 g/mol.